The summed E-state index contributed by atoms with van der Waals surface area (Å²) in [6.07, 6.45) is 1.27. The lowest BCUT2D eigenvalue weighted by Gasteiger charge is -2.27. The number of hydrogen-bond donors (Lipinski definition) is 2. The predicted molar refractivity (Wildman–Crippen MR) is 49.9 cm³/mol. The minimum atomic E-state index is -0.427. The molecule has 1 aliphatic heterocycles. The lowest BCUT2D eigenvalue weighted by atomic mass is 10.1. The summed E-state index contributed by atoms with van der Waals surface area (Å²) in [4.78, 5) is 2.33. The Balaban J connectivity index is 2.32. The lowest BCUT2D eigenvalue weighted by molar-refractivity contribution is 0.161. The number of aliphatic hydroxyl groups is 1. The zero-order chi connectivity index (χ0) is 9.19. The molecule has 1 heterocycles. The molecule has 0 aromatic rings. The van der Waals surface area contributed by atoms with Crippen LogP contribution in [0, 0.1) is 5.92 Å². The summed E-state index contributed by atoms with van der Waals surface area (Å²) in [6.45, 7) is 7.30. The van der Waals surface area contributed by atoms with E-state index < -0.39 is 5.54 Å². The van der Waals surface area contributed by atoms with Gasteiger partial charge in [0.1, 0.15) is 0 Å². The van der Waals surface area contributed by atoms with Gasteiger partial charge in [0, 0.05) is 18.6 Å². The van der Waals surface area contributed by atoms with Crippen LogP contribution in [0.15, 0.2) is 0 Å². The van der Waals surface area contributed by atoms with Gasteiger partial charge in [-0.2, -0.15) is 0 Å². The first kappa shape index (κ1) is 9.96. The van der Waals surface area contributed by atoms with Crippen molar-refractivity contribution in [2.24, 2.45) is 11.7 Å². The van der Waals surface area contributed by atoms with Gasteiger partial charge >= 0.3 is 0 Å². The third kappa shape index (κ3) is 2.73. The minimum absolute atomic E-state index is 0.0673. The Hall–Kier alpha value is -0.120. The first-order valence-electron chi connectivity index (χ1n) is 4.65. The molecule has 72 valence electrons. The molecule has 1 fully saturated rings. The highest BCUT2D eigenvalue weighted by Crippen LogP contribution is 2.16. The summed E-state index contributed by atoms with van der Waals surface area (Å²) < 4.78 is 0. The molecule has 12 heavy (non-hydrogen) atoms. The van der Waals surface area contributed by atoms with Crippen LogP contribution in [0.3, 0.4) is 0 Å². The van der Waals surface area contributed by atoms with E-state index >= 15 is 0 Å². The fourth-order valence-electron chi connectivity index (χ4n) is 1.73. The largest absolute Gasteiger partial charge is 0.394 e. The van der Waals surface area contributed by atoms with Gasteiger partial charge in [-0.1, -0.05) is 6.92 Å². The summed E-state index contributed by atoms with van der Waals surface area (Å²) in [6, 6.07) is 0. The highest BCUT2D eigenvalue weighted by Gasteiger charge is 2.25. The third-order valence-corrected chi connectivity index (χ3v) is 2.45. The average molecular weight is 172 g/mol. The highest BCUT2D eigenvalue weighted by molar-refractivity contribution is 4.84. The smallest absolute Gasteiger partial charge is 0.0621 e. The Bertz CT molecular complexity index is 147. The van der Waals surface area contributed by atoms with E-state index in [1.165, 1.54) is 6.42 Å². The second kappa shape index (κ2) is 3.73. The Morgan fingerprint density at radius 3 is 2.75 bits per heavy atom. The molecule has 3 nitrogen and oxygen atoms in total. The van der Waals surface area contributed by atoms with E-state index in [0.717, 1.165) is 25.6 Å². The van der Waals surface area contributed by atoms with Crippen LogP contribution in [0.5, 0.6) is 0 Å². The third-order valence-electron chi connectivity index (χ3n) is 2.45. The first-order chi connectivity index (χ1) is 5.53. The summed E-state index contributed by atoms with van der Waals surface area (Å²) in [7, 11) is 0. The Morgan fingerprint density at radius 2 is 2.33 bits per heavy atom. The predicted octanol–water partition coefficient (Wildman–Crippen LogP) is 0.0379. The van der Waals surface area contributed by atoms with Gasteiger partial charge in [0.2, 0.25) is 0 Å². The van der Waals surface area contributed by atoms with Gasteiger partial charge in [-0.25, -0.2) is 0 Å². The number of hydrogen-bond acceptors (Lipinski definition) is 3. The quantitative estimate of drug-likeness (QED) is 0.632. The van der Waals surface area contributed by atoms with Gasteiger partial charge in [0.15, 0.2) is 0 Å². The van der Waals surface area contributed by atoms with Crippen molar-refractivity contribution in [3.8, 4) is 0 Å². The fraction of sp³-hybridized carbons (Fsp3) is 1.00. The second-order valence-electron chi connectivity index (χ2n) is 4.44. The molecule has 0 spiro atoms. The molecule has 1 aliphatic rings. The van der Waals surface area contributed by atoms with Crippen molar-refractivity contribution < 1.29 is 5.11 Å². The van der Waals surface area contributed by atoms with E-state index in [1.54, 1.807) is 0 Å². The number of likely N-dealkylation sites (tertiary alicyclic amines) is 1. The van der Waals surface area contributed by atoms with E-state index in [1.807, 2.05) is 6.92 Å². The van der Waals surface area contributed by atoms with Crippen LogP contribution in [-0.4, -0.2) is 41.8 Å². The molecule has 3 N–H and O–H groups in total. The van der Waals surface area contributed by atoms with E-state index in [2.05, 4.69) is 11.8 Å². The molecule has 0 aromatic carbocycles. The van der Waals surface area contributed by atoms with Crippen molar-refractivity contribution in [1.82, 2.24) is 4.90 Å². The topological polar surface area (TPSA) is 49.5 Å². The molecule has 2 atom stereocenters. The molecule has 3 heteroatoms. The Labute approximate surface area is 74.5 Å². The van der Waals surface area contributed by atoms with E-state index in [-0.39, 0.29) is 6.61 Å². The molecule has 0 amide bonds. The van der Waals surface area contributed by atoms with Gasteiger partial charge in [-0.05, 0) is 25.8 Å². The maximum Gasteiger partial charge on any atom is 0.0621 e. The maximum absolute atomic E-state index is 8.97. The SMILES string of the molecule is CC1CCN(CC(C)(N)CO)C1. The molecular weight excluding hydrogens is 152 g/mol. The van der Waals surface area contributed by atoms with Crippen molar-refractivity contribution in [1.29, 1.82) is 0 Å². The number of nitrogens with zero attached hydrogens (tertiary/aromatic N) is 1. The Morgan fingerprint density at radius 1 is 1.67 bits per heavy atom. The van der Waals surface area contributed by atoms with Crippen LogP contribution in [0.1, 0.15) is 20.3 Å². The number of aliphatic hydroxyl groups excluding tert-OH is 1. The summed E-state index contributed by atoms with van der Waals surface area (Å²) >= 11 is 0. The van der Waals surface area contributed by atoms with Crippen molar-refractivity contribution in [3.63, 3.8) is 0 Å². The summed E-state index contributed by atoms with van der Waals surface area (Å²) in [5, 5.41) is 8.97. The van der Waals surface area contributed by atoms with Crippen LogP contribution in [0.2, 0.25) is 0 Å². The molecular formula is C9H20N2O. The van der Waals surface area contributed by atoms with Crippen LogP contribution < -0.4 is 5.73 Å². The first-order valence-corrected chi connectivity index (χ1v) is 4.65. The normalized spacial score (nSPS) is 30.5. The van der Waals surface area contributed by atoms with Gasteiger partial charge in [0.25, 0.3) is 0 Å². The zero-order valence-electron chi connectivity index (χ0n) is 8.08. The molecule has 0 bridgehead atoms. The van der Waals surface area contributed by atoms with Crippen LogP contribution in [0.25, 0.3) is 0 Å². The molecule has 1 saturated heterocycles. The van der Waals surface area contributed by atoms with E-state index in [0.29, 0.717) is 0 Å². The van der Waals surface area contributed by atoms with Crippen LogP contribution >= 0.6 is 0 Å². The lowest BCUT2D eigenvalue weighted by Crippen LogP contribution is -2.50. The maximum atomic E-state index is 8.97. The number of rotatable bonds is 3. The summed E-state index contributed by atoms with van der Waals surface area (Å²) in [5.41, 5.74) is 5.42. The second-order valence-corrected chi connectivity index (χ2v) is 4.44. The molecule has 0 aromatic heterocycles. The van der Waals surface area contributed by atoms with Gasteiger partial charge in [-0.3, -0.25) is 0 Å². The minimum Gasteiger partial charge on any atom is -0.394 e. The van der Waals surface area contributed by atoms with Crippen molar-refractivity contribution in [3.05, 3.63) is 0 Å². The molecule has 0 saturated carbocycles. The summed E-state index contributed by atoms with van der Waals surface area (Å²) in [5.74, 6) is 0.791. The molecule has 0 radical (unpaired) electrons. The fourth-order valence-corrected chi connectivity index (χ4v) is 1.73. The van der Waals surface area contributed by atoms with E-state index in [4.69, 9.17) is 10.8 Å². The Kier molecular flexibility index (Phi) is 3.09. The average Bonchev–Trinajstić information content (AvgIpc) is 2.35. The molecule has 0 aliphatic carbocycles. The molecule has 1 rings (SSSR count). The van der Waals surface area contributed by atoms with Crippen molar-refractivity contribution >= 4 is 0 Å². The van der Waals surface area contributed by atoms with Crippen molar-refractivity contribution in [2.75, 3.05) is 26.2 Å². The van der Waals surface area contributed by atoms with Crippen LogP contribution in [0.4, 0.5) is 0 Å². The monoisotopic (exact) mass is 172 g/mol. The highest BCUT2D eigenvalue weighted by atomic mass is 16.3. The number of nitrogens with two attached hydrogens (primary N) is 1. The van der Waals surface area contributed by atoms with Crippen LogP contribution in [-0.2, 0) is 0 Å². The van der Waals surface area contributed by atoms with Gasteiger partial charge in [0.05, 0.1) is 6.61 Å². The molecule has 2 unspecified atom stereocenters. The van der Waals surface area contributed by atoms with Crippen molar-refractivity contribution in [2.45, 2.75) is 25.8 Å². The van der Waals surface area contributed by atoms with Gasteiger partial charge < -0.3 is 15.7 Å². The van der Waals surface area contributed by atoms with E-state index in [9.17, 15) is 0 Å². The standard InChI is InChI=1S/C9H20N2O/c1-8-3-4-11(5-8)6-9(2,10)7-12/h8,12H,3-7,10H2,1-2H3. The zero-order valence-corrected chi connectivity index (χ0v) is 8.08. The van der Waals surface area contributed by atoms with Gasteiger partial charge in [-0.15, -0.1) is 0 Å².